The second-order valence-corrected chi connectivity index (χ2v) is 6.58. The van der Waals surface area contributed by atoms with Crippen LogP contribution in [0.15, 0.2) is 30.3 Å². The summed E-state index contributed by atoms with van der Waals surface area (Å²) < 4.78 is 5.56. The van der Waals surface area contributed by atoms with E-state index in [-0.39, 0.29) is 29.8 Å². The topological polar surface area (TPSA) is 55.4 Å². The van der Waals surface area contributed by atoms with Crippen LogP contribution >= 0.6 is 0 Å². The number of hydrogen-bond donors (Lipinski definition) is 1. The molecule has 0 spiro atoms. The minimum Gasteiger partial charge on any atom is -0.461 e. The van der Waals surface area contributed by atoms with Crippen molar-refractivity contribution in [2.24, 2.45) is 11.8 Å². The van der Waals surface area contributed by atoms with Gasteiger partial charge in [-0.05, 0) is 30.7 Å². The largest absolute Gasteiger partial charge is 0.461 e. The van der Waals surface area contributed by atoms with Crippen LogP contribution < -0.4 is 5.32 Å². The molecule has 1 saturated carbocycles. The van der Waals surface area contributed by atoms with Crippen LogP contribution in [0.1, 0.15) is 57.9 Å². The SMILES string of the molecule is CCC(=O)NC1CCCCC1C(CC)C(=O)OCc1ccccc1. The van der Waals surface area contributed by atoms with Gasteiger partial charge in [-0.3, -0.25) is 9.59 Å². The first kappa shape index (κ1) is 18.5. The van der Waals surface area contributed by atoms with E-state index >= 15 is 0 Å². The maximum Gasteiger partial charge on any atom is 0.309 e. The molecule has 0 bridgehead atoms. The number of rotatable bonds is 7. The number of amides is 1. The summed E-state index contributed by atoms with van der Waals surface area (Å²) in [5.74, 6) is -0.0258. The van der Waals surface area contributed by atoms with E-state index in [0.717, 1.165) is 37.7 Å². The number of esters is 1. The van der Waals surface area contributed by atoms with Gasteiger partial charge in [0, 0.05) is 12.5 Å². The van der Waals surface area contributed by atoms with Gasteiger partial charge in [-0.2, -0.15) is 0 Å². The Hall–Kier alpha value is -1.84. The second-order valence-electron chi connectivity index (χ2n) is 6.58. The fraction of sp³-hybridized carbons (Fsp3) is 0.600. The minimum atomic E-state index is -0.142. The number of ether oxygens (including phenoxy) is 1. The van der Waals surface area contributed by atoms with E-state index in [1.807, 2.05) is 44.2 Å². The molecule has 0 aromatic heterocycles. The Kier molecular flexibility index (Phi) is 7.29. The third-order valence-corrected chi connectivity index (χ3v) is 4.97. The molecule has 3 unspecified atom stereocenters. The Morgan fingerprint density at radius 3 is 2.54 bits per heavy atom. The first-order valence-electron chi connectivity index (χ1n) is 9.15. The molecule has 1 aliphatic rings. The molecule has 24 heavy (non-hydrogen) atoms. The van der Waals surface area contributed by atoms with Gasteiger partial charge >= 0.3 is 5.97 Å². The Morgan fingerprint density at radius 2 is 1.88 bits per heavy atom. The summed E-state index contributed by atoms with van der Waals surface area (Å²) >= 11 is 0. The lowest BCUT2D eigenvalue weighted by molar-refractivity contribution is -0.153. The maximum absolute atomic E-state index is 12.6. The smallest absolute Gasteiger partial charge is 0.309 e. The lowest BCUT2D eigenvalue weighted by atomic mass is 9.75. The summed E-state index contributed by atoms with van der Waals surface area (Å²) in [6, 6.07) is 9.84. The quantitative estimate of drug-likeness (QED) is 0.772. The number of carbonyl (C=O) groups is 2. The molecular formula is C20H29NO3. The Labute approximate surface area is 145 Å². The van der Waals surface area contributed by atoms with Crippen LogP contribution in [0.3, 0.4) is 0 Å². The van der Waals surface area contributed by atoms with Gasteiger partial charge in [-0.1, -0.05) is 57.0 Å². The zero-order valence-corrected chi connectivity index (χ0v) is 14.8. The van der Waals surface area contributed by atoms with Gasteiger partial charge < -0.3 is 10.1 Å². The van der Waals surface area contributed by atoms with Gasteiger partial charge in [0.05, 0.1) is 5.92 Å². The van der Waals surface area contributed by atoms with Crippen LogP contribution in [0, 0.1) is 11.8 Å². The molecule has 0 heterocycles. The standard InChI is InChI=1S/C20H29NO3/c1-3-16(20(23)24-14-15-10-6-5-7-11-15)17-12-8-9-13-18(17)21-19(22)4-2/h5-7,10-11,16-18H,3-4,8-9,12-14H2,1-2H3,(H,21,22). The second kappa shape index (κ2) is 9.45. The van der Waals surface area contributed by atoms with Crippen LogP contribution in [0.25, 0.3) is 0 Å². The van der Waals surface area contributed by atoms with Gasteiger partial charge in [-0.15, -0.1) is 0 Å². The molecule has 0 radical (unpaired) electrons. The molecule has 0 saturated heterocycles. The molecule has 1 aliphatic carbocycles. The van der Waals surface area contributed by atoms with E-state index < -0.39 is 0 Å². The monoisotopic (exact) mass is 331 g/mol. The molecule has 0 aliphatic heterocycles. The molecule has 1 N–H and O–H groups in total. The number of benzene rings is 1. The summed E-state index contributed by atoms with van der Waals surface area (Å²) in [4.78, 5) is 24.4. The highest BCUT2D eigenvalue weighted by atomic mass is 16.5. The van der Waals surface area contributed by atoms with Crippen LogP contribution in [0.2, 0.25) is 0 Å². The predicted octanol–water partition coefficient (Wildman–Crippen LogP) is 3.84. The fourth-order valence-electron chi connectivity index (χ4n) is 3.61. The molecule has 2 rings (SSSR count). The molecule has 1 aromatic carbocycles. The summed E-state index contributed by atoms with van der Waals surface area (Å²) in [5, 5.41) is 3.12. The zero-order chi connectivity index (χ0) is 17.4. The fourth-order valence-corrected chi connectivity index (χ4v) is 3.61. The van der Waals surface area contributed by atoms with Gasteiger partial charge in [0.15, 0.2) is 0 Å². The van der Waals surface area contributed by atoms with Crippen molar-refractivity contribution < 1.29 is 14.3 Å². The Bertz CT molecular complexity index is 529. The maximum atomic E-state index is 12.6. The molecule has 3 atom stereocenters. The van der Waals surface area contributed by atoms with E-state index in [0.29, 0.717) is 13.0 Å². The first-order valence-corrected chi connectivity index (χ1v) is 9.15. The summed E-state index contributed by atoms with van der Waals surface area (Å²) in [5.41, 5.74) is 1.00. The van der Waals surface area contributed by atoms with Gasteiger partial charge in [0.25, 0.3) is 0 Å². The van der Waals surface area contributed by atoms with Crippen molar-refractivity contribution in [3.63, 3.8) is 0 Å². The molecule has 1 amide bonds. The van der Waals surface area contributed by atoms with E-state index in [4.69, 9.17) is 4.74 Å². The zero-order valence-electron chi connectivity index (χ0n) is 14.8. The van der Waals surface area contributed by atoms with Crippen LogP contribution in [-0.2, 0) is 20.9 Å². The third-order valence-electron chi connectivity index (χ3n) is 4.97. The average Bonchev–Trinajstić information content (AvgIpc) is 2.62. The summed E-state index contributed by atoms with van der Waals surface area (Å²) in [6.45, 7) is 4.20. The van der Waals surface area contributed by atoms with E-state index in [1.54, 1.807) is 0 Å². The number of hydrogen-bond acceptors (Lipinski definition) is 3. The average molecular weight is 331 g/mol. The van der Waals surface area contributed by atoms with Crippen LogP contribution in [0.4, 0.5) is 0 Å². The van der Waals surface area contributed by atoms with Crippen LogP contribution in [-0.4, -0.2) is 17.9 Å². The molecule has 132 valence electrons. The molecule has 1 aromatic rings. The van der Waals surface area contributed by atoms with Crippen molar-refractivity contribution in [3.8, 4) is 0 Å². The number of carbonyl (C=O) groups excluding carboxylic acids is 2. The van der Waals surface area contributed by atoms with E-state index in [1.165, 1.54) is 0 Å². The van der Waals surface area contributed by atoms with Gasteiger partial charge in [0.1, 0.15) is 6.61 Å². The highest BCUT2D eigenvalue weighted by Crippen LogP contribution is 2.33. The molecule has 4 nitrogen and oxygen atoms in total. The number of nitrogens with one attached hydrogen (secondary N) is 1. The molecule has 1 fully saturated rings. The lowest BCUT2D eigenvalue weighted by Crippen LogP contribution is -2.46. The van der Waals surface area contributed by atoms with Crippen molar-refractivity contribution in [1.29, 1.82) is 0 Å². The van der Waals surface area contributed by atoms with Gasteiger partial charge in [0.2, 0.25) is 5.91 Å². The predicted molar refractivity (Wildman–Crippen MR) is 94.2 cm³/mol. The van der Waals surface area contributed by atoms with E-state index in [2.05, 4.69) is 5.32 Å². The Morgan fingerprint density at radius 1 is 1.17 bits per heavy atom. The van der Waals surface area contributed by atoms with Crippen molar-refractivity contribution >= 4 is 11.9 Å². The van der Waals surface area contributed by atoms with Crippen molar-refractivity contribution in [2.75, 3.05) is 0 Å². The normalized spacial score (nSPS) is 21.8. The highest BCUT2D eigenvalue weighted by Gasteiger charge is 2.36. The van der Waals surface area contributed by atoms with Crippen molar-refractivity contribution in [1.82, 2.24) is 5.32 Å². The van der Waals surface area contributed by atoms with Gasteiger partial charge in [-0.25, -0.2) is 0 Å². The van der Waals surface area contributed by atoms with Crippen molar-refractivity contribution in [2.45, 2.75) is 65.0 Å². The minimum absolute atomic E-state index is 0.0689. The lowest BCUT2D eigenvalue weighted by Gasteiger charge is -2.36. The molecular weight excluding hydrogens is 302 g/mol. The summed E-state index contributed by atoms with van der Waals surface area (Å²) in [7, 11) is 0. The highest BCUT2D eigenvalue weighted by molar-refractivity contribution is 5.76. The Balaban J connectivity index is 1.98. The first-order chi connectivity index (χ1) is 11.7. The van der Waals surface area contributed by atoms with Crippen molar-refractivity contribution in [3.05, 3.63) is 35.9 Å². The summed E-state index contributed by atoms with van der Waals surface area (Å²) in [6.07, 6.45) is 5.40. The van der Waals surface area contributed by atoms with Crippen LogP contribution in [0.5, 0.6) is 0 Å². The van der Waals surface area contributed by atoms with E-state index in [9.17, 15) is 9.59 Å². The molecule has 4 heteroatoms. The third kappa shape index (κ3) is 5.08.